The van der Waals surface area contributed by atoms with Crippen LogP contribution in [0.3, 0.4) is 0 Å². The van der Waals surface area contributed by atoms with Crippen molar-refractivity contribution in [2.45, 2.75) is 30.1 Å². The lowest BCUT2D eigenvalue weighted by molar-refractivity contribution is 0.0925. The summed E-state index contributed by atoms with van der Waals surface area (Å²) in [5.74, 6) is 1.37. The minimum Gasteiger partial charge on any atom is -0.459 e. The molecule has 2 heterocycles. The van der Waals surface area contributed by atoms with Gasteiger partial charge in [-0.15, -0.1) is 23.2 Å². The second kappa shape index (κ2) is 6.97. The van der Waals surface area contributed by atoms with Crippen LogP contribution < -0.4 is 5.32 Å². The number of halogens is 2. The molecule has 2 aromatic heterocycles. The molecule has 3 aromatic rings. The van der Waals surface area contributed by atoms with Crippen molar-refractivity contribution in [2.24, 2.45) is 5.92 Å². The summed E-state index contributed by atoms with van der Waals surface area (Å²) in [4.78, 5) is 16.6. The van der Waals surface area contributed by atoms with E-state index < -0.39 is 4.33 Å². The molecule has 1 atom stereocenters. The Kier molecular flexibility index (Phi) is 4.67. The zero-order chi connectivity index (χ0) is 18.1. The first kappa shape index (κ1) is 17.4. The quantitative estimate of drug-likeness (QED) is 0.485. The second-order valence-electron chi connectivity index (χ2n) is 6.63. The summed E-state index contributed by atoms with van der Waals surface area (Å²) in [5, 5.41) is 2.86. The molecule has 1 saturated carbocycles. The SMILES string of the molecule is O=C(NCCCc1nc2ccccc2n1CC1CC1(Cl)Cl)c1ccco1. The molecule has 1 aliphatic rings. The van der Waals surface area contributed by atoms with Gasteiger partial charge in [0.25, 0.3) is 5.91 Å². The first-order chi connectivity index (χ1) is 12.5. The number of amides is 1. The third-order valence-electron chi connectivity index (χ3n) is 4.70. The zero-order valence-corrected chi connectivity index (χ0v) is 15.6. The third-order valence-corrected chi connectivity index (χ3v) is 5.63. The molecule has 1 aromatic carbocycles. The van der Waals surface area contributed by atoms with Gasteiger partial charge in [0.15, 0.2) is 5.76 Å². The minimum absolute atomic E-state index is 0.199. The number of aryl methyl sites for hydroxylation is 1. The minimum atomic E-state index is -0.611. The van der Waals surface area contributed by atoms with E-state index in [4.69, 9.17) is 32.6 Å². The van der Waals surface area contributed by atoms with E-state index in [-0.39, 0.29) is 11.8 Å². The van der Waals surface area contributed by atoms with Gasteiger partial charge in [0.05, 0.1) is 17.3 Å². The van der Waals surface area contributed by atoms with E-state index in [1.165, 1.54) is 6.26 Å². The fourth-order valence-electron chi connectivity index (χ4n) is 3.15. The van der Waals surface area contributed by atoms with Gasteiger partial charge in [-0.1, -0.05) is 12.1 Å². The molecule has 1 N–H and O–H groups in total. The monoisotopic (exact) mass is 391 g/mol. The highest BCUT2D eigenvalue weighted by Crippen LogP contribution is 2.54. The Hall–Kier alpha value is -1.98. The number of para-hydroxylation sites is 2. The molecule has 1 fully saturated rings. The van der Waals surface area contributed by atoms with Crippen LogP contribution in [0.15, 0.2) is 47.1 Å². The largest absolute Gasteiger partial charge is 0.459 e. The molecule has 136 valence electrons. The van der Waals surface area contributed by atoms with Crippen LogP contribution in [0.4, 0.5) is 0 Å². The summed E-state index contributed by atoms with van der Waals surface area (Å²) < 4.78 is 6.68. The molecule has 1 unspecified atom stereocenters. The first-order valence-electron chi connectivity index (χ1n) is 8.68. The number of aromatic nitrogens is 2. The fourth-order valence-corrected chi connectivity index (χ4v) is 3.66. The number of rotatable bonds is 7. The van der Waals surface area contributed by atoms with E-state index in [0.717, 1.165) is 42.7 Å². The molecular formula is C19H19Cl2N3O2. The summed E-state index contributed by atoms with van der Waals surface area (Å²) in [6, 6.07) is 11.4. The van der Waals surface area contributed by atoms with E-state index in [1.54, 1.807) is 12.1 Å². The number of hydrogen-bond acceptors (Lipinski definition) is 3. The van der Waals surface area contributed by atoms with Crippen molar-refractivity contribution in [2.75, 3.05) is 6.54 Å². The number of carbonyl (C=O) groups is 1. The standard InChI is InChI=1S/C19H19Cl2N3O2/c20-19(21)11-13(19)12-24-15-6-2-1-5-14(15)23-17(24)8-3-9-22-18(25)16-7-4-10-26-16/h1-2,4-7,10,13H,3,8-9,11-12H2,(H,22,25). The van der Waals surface area contributed by atoms with Crippen LogP contribution in [-0.2, 0) is 13.0 Å². The average molecular weight is 392 g/mol. The molecule has 1 aliphatic carbocycles. The highest BCUT2D eigenvalue weighted by Gasteiger charge is 2.51. The Morgan fingerprint density at radius 2 is 2.12 bits per heavy atom. The van der Waals surface area contributed by atoms with Crippen LogP contribution in [0.25, 0.3) is 11.0 Å². The summed E-state index contributed by atoms with van der Waals surface area (Å²) in [6.07, 6.45) is 3.84. The highest BCUT2D eigenvalue weighted by molar-refractivity contribution is 6.50. The molecule has 1 amide bonds. The summed E-state index contributed by atoms with van der Waals surface area (Å²) in [5.41, 5.74) is 2.07. The smallest absolute Gasteiger partial charge is 0.286 e. The second-order valence-corrected chi connectivity index (χ2v) is 8.17. The maximum atomic E-state index is 11.9. The van der Waals surface area contributed by atoms with E-state index >= 15 is 0 Å². The lowest BCUT2D eigenvalue weighted by atomic mass is 10.2. The van der Waals surface area contributed by atoms with Crippen molar-refractivity contribution < 1.29 is 9.21 Å². The van der Waals surface area contributed by atoms with Crippen molar-refractivity contribution in [3.63, 3.8) is 0 Å². The number of furan rings is 1. The Bertz CT molecular complexity index is 918. The predicted octanol–water partition coefficient (Wildman–Crippen LogP) is 4.19. The maximum Gasteiger partial charge on any atom is 0.286 e. The number of hydrogen-bond donors (Lipinski definition) is 1. The molecule has 0 radical (unpaired) electrons. The molecule has 5 nitrogen and oxygen atoms in total. The van der Waals surface area contributed by atoms with Gasteiger partial charge in [-0.25, -0.2) is 4.98 Å². The Labute approximate surface area is 161 Å². The molecular weight excluding hydrogens is 373 g/mol. The van der Waals surface area contributed by atoms with Crippen LogP contribution in [0.5, 0.6) is 0 Å². The molecule has 0 aliphatic heterocycles. The van der Waals surface area contributed by atoms with Crippen LogP contribution >= 0.6 is 23.2 Å². The van der Waals surface area contributed by atoms with E-state index in [2.05, 4.69) is 16.0 Å². The van der Waals surface area contributed by atoms with Crippen LogP contribution in [0, 0.1) is 5.92 Å². The van der Waals surface area contributed by atoms with Crippen LogP contribution in [0.2, 0.25) is 0 Å². The number of nitrogens with one attached hydrogen (secondary N) is 1. The first-order valence-corrected chi connectivity index (χ1v) is 9.44. The van der Waals surface area contributed by atoms with Crippen molar-refractivity contribution in [3.05, 3.63) is 54.2 Å². The third kappa shape index (κ3) is 3.60. The number of nitrogens with zero attached hydrogens (tertiary/aromatic N) is 2. The zero-order valence-electron chi connectivity index (χ0n) is 14.1. The van der Waals surface area contributed by atoms with Gasteiger partial charge in [0.1, 0.15) is 10.2 Å². The molecule has 7 heteroatoms. The van der Waals surface area contributed by atoms with Gasteiger partial charge in [0.2, 0.25) is 0 Å². The van der Waals surface area contributed by atoms with Crippen molar-refractivity contribution in [1.29, 1.82) is 0 Å². The van der Waals surface area contributed by atoms with Crippen LogP contribution in [0.1, 0.15) is 29.2 Å². The van der Waals surface area contributed by atoms with E-state index in [1.807, 2.05) is 18.2 Å². The molecule has 0 spiro atoms. The number of carbonyl (C=O) groups excluding carboxylic acids is 1. The fraction of sp³-hybridized carbons (Fsp3) is 0.368. The van der Waals surface area contributed by atoms with Gasteiger partial charge < -0.3 is 14.3 Å². The summed E-state index contributed by atoms with van der Waals surface area (Å²) in [7, 11) is 0. The molecule has 4 rings (SSSR count). The highest BCUT2D eigenvalue weighted by atomic mass is 35.5. The number of benzene rings is 1. The summed E-state index contributed by atoms with van der Waals surface area (Å²) in [6.45, 7) is 1.32. The van der Waals surface area contributed by atoms with Crippen molar-refractivity contribution >= 4 is 40.1 Å². The van der Waals surface area contributed by atoms with Crippen molar-refractivity contribution in [3.8, 4) is 0 Å². The Morgan fingerprint density at radius 3 is 2.85 bits per heavy atom. The number of alkyl halides is 2. The number of imidazole rings is 1. The topological polar surface area (TPSA) is 60.1 Å². The Morgan fingerprint density at radius 1 is 1.31 bits per heavy atom. The van der Waals surface area contributed by atoms with Gasteiger partial charge in [-0.2, -0.15) is 0 Å². The lowest BCUT2D eigenvalue weighted by Crippen LogP contribution is -2.24. The Balaban J connectivity index is 1.41. The van der Waals surface area contributed by atoms with E-state index in [0.29, 0.717) is 12.3 Å². The molecule has 26 heavy (non-hydrogen) atoms. The van der Waals surface area contributed by atoms with Crippen LogP contribution in [-0.4, -0.2) is 26.3 Å². The normalized spacial score (nSPS) is 18.2. The van der Waals surface area contributed by atoms with Gasteiger partial charge in [-0.05, 0) is 37.1 Å². The molecule has 0 saturated heterocycles. The van der Waals surface area contributed by atoms with Gasteiger partial charge in [-0.3, -0.25) is 4.79 Å². The lowest BCUT2D eigenvalue weighted by Gasteiger charge is -2.10. The maximum absolute atomic E-state index is 11.9. The summed E-state index contributed by atoms with van der Waals surface area (Å²) >= 11 is 12.4. The van der Waals surface area contributed by atoms with Crippen molar-refractivity contribution in [1.82, 2.24) is 14.9 Å². The average Bonchev–Trinajstić information content (AvgIpc) is 3.03. The van der Waals surface area contributed by atoms with Gasteiger partial charge in [0, 0.05) is 25.4 Å². The van der Waals surface area contributed by atoms with E-state index in [9.17, 15) is 4.79 Å². The number of fused-ring (bicyclic) bond motifs is 1. The predicted molar refractivity (Wildman–Crippen MR) is 102 cm³/mol. The van der Waals surface area contributed by atoms with Gasteiger partial charge >= 0.3 is 0 Å². The molecule has 0 bridgehead atoms.